The van der Waals surface area contributed by atoms with E-state index in [1.165, 1.54) is 16.5 Å². The molecule has 0 amide bonds. The van der Waals surface area contributed by atoms with Crippen molar-refractivity contribution in [2.75, 3.05) is 29.4 Å². The summed E-state index contributed by atoms with van der Waals surface area (Å²) in [6, 6.07) is 15.2. The van der Waals surface area contributed by atoms with Crippen molar-refractivity contribution in [1.82, 2.24) is 15.3 Å². The summed E-state index contributed by atoms with van der Waals surface area (Å²) in [7, 11) is 0. The quantitative estimate of drug-likeness (QED) is 0.733. The number of benzene rings is 2. The fraction of sp³-hybridized carbons (Fsp3) is 0.333. The number of piperazine rings is 1. The van der Waals surface area contributed by atoms with E-state index in [0.29, 0.717) is 12.6 Å². The first-order valence-electron chi connectivity index (χ1n) is 9.52. The number of H-pyrrole nitrogens is 1. The Morgan fingerprint density at radius 3 is 2.81 bits per heavy atom. The molecule has 5 rings (SSSR count). The minimum absolute atomic E-state index is 0.255. The van der Waals surface area contributed by atoms with E-state index >= 15 is 0 Å². The molecule has 27 heavy (non-hydrogen) atoms. The Bertz CT molecular complexity index is 1050. The Hall–Kier alpha value is -2.86. The molecule has 2 aliphatic heterocycles. The first kappa shape index (κ1) is 16.3. The van der Waals surface area contributed by atoms with Gasteiger partial charge in [0.15, 0.2) is 0 Å². The second kappa shape index (κ2) is 6.39. The van der Waals surface area contributed by atoms with Crippen LogP contribution < -0.4 is 20.8 Å². The van der Waals surface area contributed by atoms with Gasteiger partial charge < -0.3 is 20.1 Å². The van der Waals surface area contributed by atoms with Gasteiger partial charge in [0.2, 0.25) is 0 Å². The average molecular weight is 361 g/mol. The lowest BCUT2D eigenvalue weighted by molar-refractivity contribution is 0.481. The maximum Gasteiger partial charge on any atom is 0.347 e. The minimum atomic E-state index is -0.255. The summed E-state index contributed by atoms with van der Waals surface area (Å²) in [5.41, 5.74) is 3.08. The molecule has 138 valence electrons. The molecule has 0 aliphatic carbocycles. The molecular weight excluding hydrogens is 338 g/mol. The predicted octanol–water partition coefficient (Wildman–Crippen LogP) is 2.24. The van der Waals surface area contributed by atoms with Crippen LogP contribution in [0.25, 0.3) is 10.8 Å². The van der Waals surface area contributed by atoms with E-state index in [0.717, 1.165) is 43.3 Å². The Kier molecular flexibility index (Phi) is 3.86. The number of fused-ring (bicyclic) bond motifs is 2. The molecule has 1 fully saturated rings. The molecule has 3 heterocycles. The number of rotatable bonds is 2. The van der Waals surface area contributed by atoms with Gasteiger partial charge in [0.25, 0.3) is 0 Å². The lowest BCUT2D eigenvalue weighted by Crippen LogP contribution is -2.50. The molecule has 0 saturated carbocycles. The standard InChI is InChI=1S/C21H23N5O/c1-14-11-25(10-9-22-14)20-17-12-26(13-18(17)23-21(27)24-20)19-8-4-6-15-5-2-3-7-16(15)19/h2-8,14,22H,9-13H2,1H3,(H,23,24,27)/t14-/m0/s1. The van der Waals surface area contributed by atoms with Gasteiger partial charge in [0, 0.05) is 54.6 Å². The van der Waals surface area contributed by atoms with Gasteiger partial charge in [0.1, 0.15) is 5.82 Å². The minimum Gasteiger partial charge on any atom is -0.361 e. The molecular formula is C21H23N5O. The number of hydrogen-bond acceptors (Lipinski definition) is 5. The van der Waals surface area contributed by atoms with Crippen LogP contribution in [0.15, 0.2) is 47.3 Å². The van der Waals surface area contributed by atoms with Gasteiger partial charge in [-0.1, -0.05) is 36.4 Å². The van der Waals surface area contributed by atoms with Gasteiger partial charge in [-0.05, 0) is 18.4 Å². The molecule has 6 nitrogen and oxygen atoms in total. The summed E-state index contributed by atoms with van der Waals surface area (Å²) in [6.45, 7) is 6.30. The van der Waals surface area contributed by atoms with Crippen molar-refractivity contribution >= 4 is 22.3 Å². The van der Waals surface area contributed by atoms with Crippen LogP contribution in [0.3, 0.4) is 0 Å². The van der Waals surface area contributed by atoms with Gasteiger partial charge in [0.05, 0.1) is 6.54 Å². The van der Waals surface area contributed by atoms with Crippen LogP contribution in [0.1, 0.15) is 18.2 Å². The molecule has 0 unspecified atom stereocenters. The van der Waals surface area contributed by atoms with Crippen molar-refractivity contribution in [1.29, 1.82) is 0 Å². The van der Waals surface area contributed by atoms with Crippen LogP contribution >= 0.6 is 0 Å². The Labute approximate surface area is 157 Å². The van der Waals surface area contributed by atoms with Crippen molar-refractivity contribution in [3.8, 4) is 0 Å². The lowest BCUT2D eigenvalue weighted by Gasteiger charge is -2.33. The molecule has 6 heteroatoms. The summed E-state index contributed by atoms with van der Waals surface area (Å²) >= 11 is 0. The summed E-state index contributed by atoms with van der Waals surface area (Å²) in [5.74, 6) is 0.852. The SMILES string of the molecule is C[C@H]1CN(c2nc(=O)[nH]c3c2CN(c2cccc4ccccc24)C3)CCN1. The Balaban J connectivity index is 1.54. The third-order valence-corrected chi connectivity index (χ3v) is 5.57. The Morgan fingerprint density at radius 1 is 1.07 bits per heavy atom. The first-order chi connectivity index (χ1) is 13.2. The molecule has 3 aromatic rings. The molecule has 2 aliphatic rings. The molecule has 2 aromatic carbocycles. The van der Waals surface area contributed by atoms with Crippen LogP contribution in [-0.2, 0) is 13.1 Å². The van der Waals surface area contributed by atoms with E-state index in [-0.39, 0.29) is 5.69 Å². The fourth-order valence-corrected chi connectivity index (χ4v) is 4.31. The Morgan fingerprint density at radius 2 is 1.93 bits per heavy atom. The van der Waals surface area contributed by atoms with Crippen molar-refractivity contribution in [2.45, 2.75) is 26.1 Å². The molecule has 1 atom stereocenters. The predicted molar refractivity (Wildman–Crippen MR) is 108 cm³/mol. The second-order valence-corrected chi connectivity index (χ2v) is 7.48. The van der Waals surface area contributed by atoms with Gasteiger partial charge in [-0.15, -0.1) is 0 Å². The van der Waals surface area contributed by atoms with Crippen molar-refractivity contribution in [2.24, 2.45) is 0 Å². The van der Waals surface area contributed by atoms with Gasteiger partial charge >= 0.3 is 5.69 Å². The number of aromatic nitrogens is 2. The molecule has 1 saturated heterocycles. The van der Waals surface area contributed by atoms with Crippen molar-refractivity contribution in [3.63, 3.8) is 0 Å². The maximum absolute atomic E-state index is 12.2. The van der Waals surface area contributed by atoms with E-state index in [1.54, 1.807) is 0 Å². The van der Waals surface area contributed by atoms with Crippen molar-refractivity contribution < 1.29 is 0 Å². The zero-order valence-corrected chi connectivity index (χ0v) is 15.4. The maximum atomic E-state index is 12.2. The molecule has 1 aromatic heterocycles. The zero-order chi connectivity index (χ0) is 18.4. The van der Waals surface area contributed by atoms with Gasteiger partial charge in [-0.3, -0.25) is 0 Å². The van der Waals surface area contributed by atoms with E-state index in [2.05, 4.69) is 74.5 Å². The molecule has 0 radical (unpaired) electrons. The fourth-order valence-electron chi connectivity index (χ4n) is 4.31. The zero-order valence-electron chi connectivity index (χ0n) is 15.4. The van der Waals surface area contributed by atoms with E-state index in [4.69, 9.17) is 0 Å². The van der Waals surface area contributed by atoms with Crippen LogP contribution in [0, 0.1) is 0 Å². The topological polar surface area (TPSA) is 64.3 Å². The molecule has 0 spiro atoms. The molecule has 2 N–H and O–H groups in total. The normalized spacial score (nSPS) is 19.5. The average Bonchev–Trinajstić information content (AvgIpc) is 3.10. The summed E-state index contributed by atoms with van der Waals surface area (Å²) in [5, 5.41) is 5.92. The van der Waals surface area contributed by atoms with Crippen LogP contribution in [0.5, 0.6) is 0 Å². The van der Waals surface area contributed by atoms with Gasteiger partial charge in [-0.2, -0.15) is 4.98 Å². The molecule has 0 bridgehead atoms. The monoisotopic (exact) mass is 361 g/mol. The number of hydrogen-bond donors (Lipinski definition) is 2. The summed E-state index contributed by atoms with van der Waals surface area (Å²) in [4.78, 5) is 24.1. The highest BCUT2D eigenvalue weighted by Gasteiger charge is 2.29. The number of nitrogens with one attached hydrogen (secondary N) is 2. The number of anilines is 2. The van der Waals surface area contributed by atoms with E-state index < -0.39 is 0 Å². The van der Waals surface area contributed by atoms with Crippen LogP contribution in [0.2, 0.25) is 0 Å². The highest BCUT2D eigenvalue weighted by molar-refractivity contribution is 5.94. The smallest absolute Gasteiger partial charge is 0.347 e. The largest absolute Gasteiger partial charge is 0.361 e. The first-order valence-corrected chi connectivity index (χ1v) is 9.52. The van der Waals surface area contributed by atoms with Crippen LogP contribution in [0.4, 0.5) is 11.5 Å². The van der Waals surface area contributed by atoms with E-state index in [1.807, 2.05) is 0 Å². The number of aromatic amines is 1. The summed E-state index contributed by atoms with van der Waals surface area (Å²) < 4.78 is 0. The lowest BCUT2D eigenvalue weighted by atomic mass is 10.1. The third-order valence-electron chi connectivity index (χ3n) is 5.57. The highest BCUT2D eigenvalue weighted by atomic mass is 16.1. The van der Waals surface area contributed by atoms with Gasteiger partial charge in [-0.25, -0.2) is 4.79 Å². The number of nitrogens with zero attached hydrogens (tertiary/aromatic N) is 3. The van der Waals surface area contributed by atoms with E-state index in [9.17, 15) is 4.79 Å². The summed E-state index contributed by atoms with van der Waals surface area (Å²) in [6.07, 6.45) is 0. The van der Waals surface area contributed by atoms with Crippen molar-refractivity contribution in [3.05, 3.63) is 64.2 Å². The second-order valence-electron chi connectivity index (χ2n) is 7.48. The third kappa shape index (κ3) is 2.86. The van der Waals surface area contributed by atoms with Crippen LogP contribution in [-0.4, -0.2) is 35.6 Å². The highest BCUT2D eigenvalue weighted by Crippen LogP contribution is 2.35.